The third kappa shape index (κ3) is 6.14. The van der Waals surface area contributed by atoms with Gasteiger partial charge < -0.3 is 19.7 Å². The second-order valence-electron chi connectivity index (χ2n) is 5.58. The topological polar surface area (TPSA) is 50.8 Å². The smallest absolute Gasteiger partial charge is 0.224 e. The van der Waals surface area contributed by atoms with Crippen molar-refractivity contribution in [2.24, 2.45) is 0 Å². The van der Waals surface area contributed by atoms with E-state index in [1.807, 2.05) is 23.6 Å². The van der Waals surface area contributed by atoms with Gasteiger partial charge in [-0.2, -0.15) is 11.8 Å². The highest BCUT2D eigenvalue weighted by Gasteiger charge is 2.25. The molecule has 1 N–H and O–H groups in total. The number of thioether (sulfide) groups is 1. The van der Waals surface area contributed by atoms with Gasteiger partial charge in [-0.15, -0.1) is 0 Å². The molecule has 21 heavy (non-hydrogen) atoms. The molecule has 0 aromatic heterocycles. The number of nitrogens with one attached hydrogen (secondary N) is 1. The van der Waals surface area contributed by atoms with Crippen LogP contribution in [-0.4, -0.2) is 73.9 Å². The van der Waals surface area contributed by atoms with Gasteiger partial charge in [0.2, 0.25) is 5.91 Å². The molecular formula is C15H28N2O3S. The third-order valence-electron chi connectivity index (χ3n) is 4.00. The van der Waals surface area contributed by atoms with Crippen molar-refractivity contribution in [3.05, 3.63) is 0 Å². The number of likely N-dealkylation sites (tertiary alicyclic amines) is 1. The normalized spacial score (nSPS) is 24.2. The predicted molar refractivity (Wildman–Crippen MR) is 85.8 cm³/mol. The van der Waals surface area contributed by atoms with Crippen LogP contribution in [0.2, 0.25) is 0 Å². The summed E-state index contributed by atoms with van der Waals surface area (Å²) >= 11 is 1.94. The van der Waals surface area contributed by atoms with Crippen LogP contribution in [0, 0.1) is 0 Å². The van der Waals surface area contributed by atoms with E-state index in [-0.39, 0.29) is 6.10 Å². The van der Waals surface area contributed by atoms with E-state index in [0.29, 0.717) is 31.6 Å². The first-order valence-corrected chi connectivity index (χ1v) is 9.23. The molecule has 5 nitrogen and oxygen atoms in total. The fourth-order valence-electron chi connectivity index (χ4n) is 2.78. The van der Waals surface area contributed by atoms with Crippen LogP contribution in [0.25, 0.3) is 0 Å². The average Bonchev–Trinajstić information content (AvgIpc) is 2.53. The van der Waals surface area contributed by atoms with Gasteiger partial charge >= 0.3 is 0 Å². The first kappa shape index (κ1) is 17.1. The minimum atomic E-state index is 0.290. The van der Waals surface area contributed by atoms with Gasteiger partial charge in [0, 0.05) is 50.2 Å². The maximum atomic E-state index is 12.3. The summed E-state index contributed by atoms with van der Waals surface area (Å²) in [5.41, 5.74) is 0. The molecule has 6 heteroatoms. The Morgan fingerprint density at radius 3 is 2.81 bits per heavy atom. The van der Waals surface area contributed by atoms with Crippen LogP contribution in [0.3, 0.4) is 0 Å². The molecule has 0 saturated carbocycles. The second kappa shape index (κ2) is 9.66. The van der Waals surface area contributed by atoms with Crippen LogP contribution in [0.5, 0.6) is 0 Å². The Morgan fingerprint density at radius 1 is 1.33 bits per heavy atom. The number of hydrogen-bond donors (Lipinski definition) is 1. The van der Waals surface area contributed by atoms with Crippen molar-refractivity contribution >= 4 is 17.7 Å². The molecule has 2 aliphatic heterocycles. The molecule has 1 amide bonds. The standard InChI is InChI=1S/C15H28N2O3S/c1-2-19-8-9-20-14-3-6-17(7-4-14)15(18)11-13-12-21-10-5-16-13/h13-14,16H,2-12H2,1H3. The van der Waals surface area contributed by atoms with E-state index in [1.54, 1.807) is 0 Å². The van der Waals surface area contributed by atoms with Crippen LogP contribution in [0.15, 0.2) is 0 Å². The molecule has 0 aromatic rings. The maximum absolute atomic E-state index is 12.3. The SMILES string of the molecule is CCOCCOC1CCN(C(=O)CC2CSCCN2)CC1. The summed E-state index contributed by atoms with van der Waals surface area (Å²) in [5.74, 6) is 2.51. The Bertz CT molecular complexity index is 303. The summed E-state index contributed by atoms with van der Waals surface area (Å²) in [4.78, 5) is 14.3. The van der Waals surface area contributed by atoms with E-state index >= 15 is 0 Å². The van der Waals surface area contributed by atoms with Crippen LogP contribution in [0.1, 0.15) is 26.2 Å². The highest BCUT2D eigenvalue weighted by Crippen LogP contribution is 2.17. The largest absolute Gasteiger partial charge is 0.379 e. The van der Waals surface area contributed by atoms with Gasteiger partial charge in [-0.1, -0.05) is 0 Å². The minimum absolute atomic E-state index is 0.290. The van der Waals surface area contributed by atoms with Crippen molar-refractivity contribution in [1.82, 2.24) is 10.2 Å². The van der Waals surface area contributed by atoms with Crippen molar-refractivity contribution in [3.8, 4) is 0 Å². The molecule has 2 fully saturated rings. The van der Waals surface area contributed by atoms with Crippen LogP contribution < -0.4 is 5.32 Å². The molecular weight excluding hydrogens is 288 g/mol. The molecule has 2 aliphatic rings. The van der Waals surface area contributed by atoms with Crippen LogP contribution in [-0.2, 0) is 14.3 Å². The lowest BCUT2D eigenvalue weighted by molar-refractivity contribution is -0.134. The summed E-state index contributed by atoms with van der Waals surface area (Å²) < 4.78 is 11.1. The lowest BCUT2D eigenvalue weighted by Crippen LogP contribution is -2.45. The fourth-order valence-corrected chi connectivity index (χ4v) is 3.73. The fraction of sp³-hybridized carbons (Fsp3) is 0.933. The molecule has 1 atom stereocenters. The average molecular weight is 316 g/mol. The Morgan fingerprint density at radius 2 is 2.14 bits per heavy atom. The molecule has 0 aromatic carbocycles. The molecule has 2 rings (SSSR count). The van der Waals surface area contributed by atoms with Gasteiger partial charge in [-0.25, -0.2) is 0 Å². The van der Waals surface area contributed by atoms with Gasteiger partial charge in [0.15, 0.2) is 0 Å². The van der Waals surface area contributed by atoms with E-state index < -0.39 is 0 Å². The summed E-state index contributed by atoms with van der Waals surface area (Å²) in [7, 11) is 0. The number of piperidine rings is 1. The number of carbonyl (C=O) groups excluding carboxylic acids is 1. The zero-order chi connectivity index (χ0) is 14.9. The van der Waals surface area contributed by atoms with E-state index in [4.69, 9.17) is 9.47 Å². The Labute approximate surface area is 132 Å². The minimum Gasteiger partial charge on any atom is -0.379 e. The summed E-state index contributed by atoms with van der Waals surface area (Å²) in [6.45, 7) is 6.75. The van der Waals surface area contributed by atoms with Crippen molar-refractivity contribution < 1.29 is 14.3 Å². The maximum Gasteiger partial charge on any atom is 0.224 e. The Balaban J connectivity index is 1.60. The van der Waals surface area contributed by atoms with Gasteiger partial charge in [0.05, 0.1) is 19.3 Å². The monoisotopic (exact) mass is 316 g/mol. The molecule has 0 bridgehead atoms. The number of amides is 1. The molecule has 1 unspecified atom stereocenters. The van der Waals surface area contributed by atoms with Crippen molar-refractivity contribution in [2.45, 2.75) is 38.3 Å². The quantitative estimate of drug-likeness (QED) is 0.714. The predicted octanol–water partition coefficient (Wildman–Crippen LogP) is 1.13. The Kier molecular flexibility index (Phi) is 7.85. The number of ether oxygens (including phenoxy) is 2. The molecule has 0 spiro atoms. The number of nitrogens with zero attached hydrogens (tertiary/aromatic N) is 1. The van der Waals surface area contributed by atoms with E-state index in [9.17, 15) is 4.79 Å². The lowest BCUT2D eigenvalue weighted by atomic mass is 10.1. The Hall–Kier alpha value is -0.300. The first-order valence-electron chi connectivity index (χ1n) is 8.08. The van der Waals surface area contributed by atoms with Crippen molar-refractivity contribution in [3.63, 3.8) is 0 Å². The molecule has 2 heterocycles. The number of carbonyl (C=O) groups is 1. The van der Waals surface area contributed by atoms with E-state index in [2.05, 4.69) is 5.32 Å². The highest BCUT2D eigenvalue weighted by atomic mass is 32.2. The highest BCUT2D eigenvalue weighted by molar-refractivity contribution is 7.99. The van der Waals surface area contributed by atoms with E-state index in [0.717, 1.165) is 50.6 Å². The van der Waals surface area contributed by atoms with E-state index in [1.165, 1.54) is 0 Å². The summed E-state index contributed by atoms with van der Waals surface area (Å²) in [5, 5.41) is 3.43. The third-order valence-corrected chi connectivity index (χ3v) is 5.13. The van der Waals surface area contributed by atoms with Gasteiger partial charge in [-0.3, -0.25) is 4.79 Å². The second-order valence-corrected chi connectivity index (χ2v) is 6.73. The summed E-state index contributed by atoms with van der Waals surface area (Å²) in [6.07, 6.45) is 2.83. The molecule has 2 saturated heterocycles. The van der Waals surface area contributed by atoms with Gasteiger partial charge in [-0.05, 0) is 19.8 Å². The first-order chi connectivity index (χ1) is 10.3. The zero-order valence-corrected chi connectivity index (χ0v) is 13.8. The number of rotatable bonds is 7. The molecule has 0 aliphatic carbocycles. The number of hydrogen-bond acceptors (Lipinski definition) is 5. The zero-order valence-electron chi connectivity index (χ0n) is 13.0. The summed E-state index contributed by atoms with van der Waals surface area (Å²) in [6, 6.07) is 0.358. The van der Waals surface area contributed by atoms with Crippen molar-refractivity contribution in [1.29, 1.82) is 0 Å². The van der Waals surface area contributed by atoms with Gasteiger partial charge in [0.1, 0.15) is 0 Å². The molecule has 0 radical (unpaired) electrons. The van der Waals surface area contributed by atoms with Gasteiger partial charge in [0.25, 0.3) is 0 Å². The van der Waals surface area contributed by atoms with Crippen molar-refractivity contribution in [2.75, 3.05) is 51.0 Å². The van der Waals surface area contributed by atoms with Crippen LogP contribution in [0.4, 0.5) is 0 Å². The van der Waals surface area contributed by atoms with Crippen LogP contribution >= 0.6 is 11.8 Å². The molecule has 122 valence electrons. The lowest BCUT2D eigenvalue weighted by Gasteiger charge is -2.33.